The largest absolute Gasteiger partial charge is 0.477 e. The van der Waals surface area contributed by atoms with Crippen molar-refractivity contribution in [3.05, 3.63) is 46.9 Å². The molecule has 0 aliphatic carbocycles. The molecule has 104 valence electrons. The van der Waals surface area contributed by atoms with Crippen LogP contribution in [0.4, 0.5) is 10.2 Å². The van der Waals surface area contributed by atoms with Gasteiger partial charge in [-0.25, -0.2) is 9.18 Å². The van der Waals surface area contributed by atoms with Crippen LogP contribution in [0.1, 0.15) is 26.4 Å². The molecule has 1 heterocycles. The quantitative estimate of drug-likeness (QED) is 0.896. The zero-order valence-corrected chi connectivity index (χ0v) is 10.8. The summed E-state index contributed by atoms with van der Waals surface area (Å²) in [6.07, 6.45) is 0. The molecule has 0 saturated carbocycles. The minimum Gasteiger partial charge on any atom is -0.477 e. The van der Waals surface area contributed by atoms with Crippen LogP contribution in [0.3, 0.4) is 0 Å². The molecule has 0 atom stereocenters. The molecule has 0 saturated heterocycles. The van der Waals surface area contributed by atoms with Gasteiger partial charge in [-0.15, -0.1) is 0 Å². The standard InChI is InChI=1S/C13H12FN3O3/c1-7-10(13(19)20)11(17(2)16-7)15-12(18)8-3-5-9(14)6-4-8/h3-6H,1-2H3,(H,15,18)(H,19,20). The SMILES string of the molecule is Cc1nn(C)c(NC(=O)c2ccc(F)cc2)c1C(=O)O. The second kappa shape index (κ2) is 5.12. The Labute approximate surface area is 113 Å². The molecule has 1 aromatic heterocycles. The van der Waals surface area contributed by atoms with E-state index >= 15 is 0 Å². The second-order valence-corrected chi connectivity index (χ2v) is 4.20. The number of amides is 1. The number of anilines is 1. The van der Waals surface area contributed by atoms with Crippen LogP contribution in [0.2, 0.25) is 0 Å². The summed E-state index contributed by atoms with van der Waals surface area (Å²) >= 11 is 0. The first-order chi connectivity index (χ1) is 9.40. The van der Waals surface area contributed by atoms with Crippen molar-refractivity contribution < 1.29 is 19.1 Å². The van der Waals surface area contributed by atoms with Crippen molar-refractivity contribution >= 4 is 17.7 Å². The fourth-order valence-corrected chi connectivity index (χ4v) is 1.84. The van der Waals surface area contributed by atoms with Crippen molar-refractivity contribution in [2.45, 2.75) is 6.92 Å². The van der Waals surface area contributed by atoms with Crippen molar-refractivity contribution in [2.75, 3.05) is 5.32 Å². The smallest absolute Gasteiger partial charge is 0.341 e. The number of hydrogen-bond acceptors (Lipinski definition) is 3. The fourth-order valence-electron chi connectivity index (χ4n) is 1.84. The zero-order chi connectivity index (χ0) is 14.9. The van der Waals surface area contributed by atoms with Crippen LogP contribution in [-0.4, -0.2) is 26.8 Å². The number of aromatic carboxylic acids is 1. The Hall–Kier alpha value is -2.70. The van der Waals surface area contributed by atoms with Crippen LogP contribution in [0.25, 0.3) is 0 Å². The number of benzene rings is 1. The van der Waals surface area contributed by atoms with E-state index in [9.17, 15) is 14.0 Å². The van der Waals surface area contributed by atoms with Crippen LogP contribution in [-0.2, 0) is 7.05 Å². The molecule has 2 aromatic rings. The molecule has 0 aliphatic heterocycles. The molecule has 1 amide bonds. The topological polar surface area (TPSA) is 84.2 Å². The van der Waals surface area contributed by atoms with E-state index in [-0.39, 0.29) is 16.9 Å². The molecule has 2 N–H and O–H groups in total. The summed E-state index contributed by atoms with van der Waals surface area (Å²) < 4.78 is 14.1. The number of rotatable bonds is 3. The lowest BCUT2D eigenvalue weighted by Crippen LogP contribution is -2.16. The summed E-state index contributed by atoms with van der Waals surface area (Å²) in [6, 6.07) is 4.94. The first-order valence-corrected chi connectivity index (χ1v) is 5.74. The number of carbonyl (C=O) groups excluding carboxylic acids is 1. The number of halogens is 1. The van der Waals surface area contributed by atoms with Gasteiger partial charge >= 0.3 is 5.97 Å². The average Bonchev–Trinajstić information content (AvgIpc) is 2.64. The Morgan fingerprint density at radius 3 is 2.45 bits per heavy atom. The third kappa shape index (κ3) is 2.51. The van der Waals surface area contributed by atoms with Crippen molar-refractivity contribution in [1.82, 2.24) is 9.78 Å². The Balaban J connectivity index is 2.33. The highest BCUT2D eigenvalue weighted by Gasteiger charge is 2.21. The van der Waals surface area contributed by atoms with Gasteiger partial charge in [-0.2, -0.15) is 5.10 Å². The summed E-state index contributed by atoms with van der Waals surface area (Å²) in [4.78, 5) is 23.2. The Kier molecular flexibility index (Phi) is 3.51. The molecule has 0 aliphatic rings. The third-order valence-corrected chi connectivity index (χ3v) is 2.77. The molecule has 2 rings (SSSR count). The molecule has 0 fully saturated rings. The normalized spacial score (nSPS) is 10.3. The number of carbonyl (C=O) groups is 2. The van der Waals surface area contributed by atoms with Gasteiger partial charge in [-0.3, -0.25) is 9.48 Å². The molecule has 1 aromatic carbocycles. The van der Waals surface area contributed by atoms with E-state index in [4.69, 9.17) is 5.11 Å². The summed E-state index contributed by atoms with van der Waals surface area (Å²) in [5.74, 6) is -2.08. The van der Waals surface area contributed by atoms with Crippen molar-refractivity contribution in [1.29, 1.82) is 0 Å². The number of carboxylic acid groups (broad SMARTS) is 1. The molecule has 0 spiro atoms. The van der Waals surface area contributed by atoms with Gasteiger partial charge in [0.15, 0.2) is 0 Å². The Morgan fingerprint density at radius 2 is 1.90 bits per heavy atom. The molecular weight excluding hydrogens is 265 g/mol. The molecule has 0 unspecified atom stereocenters. The van der Waals surface area contributed by atoms with Gasteiger partial charge in [-0.05, 0) is 31.2 Å². The maximum Gasteiger partial charge on any atom is 0.341 e. The van der Waals surface area contributed by atoms with E-state index in [1.54, 1.807) is 0 Å². The average molecular weight is 277 g/mol. The number of aromatic nitrogens is 2. The van der Waals surface area contributed by atoms with Crippen LogP contribution in [0.15, 0.2) is 24.3 Å². The first kappa shape index (κ1) is 13.7. The fraction of sp³-hybridized carbons (Fsp3) is 0.154. The highest BCUT2D eigenvalue weighted by Crippen LogP contribution is 2.19. The van der Waals surface area contributed by atoms with Gasteiger partial charge in [0, 0.05) is 12.6 Å². The predicted molar refractivity (Wildman–Crippen MR) is 69.3 cm³/mol. The van der Waals surface area contributed by atoms with Crippen molar-refractivity contribution in [3.63, 3.8) is 0 Å². The van der Waals surface area contributed by atoms with Crippen LogP contribution in [0.5, 0.6) is 0 Å². The minimum atomic E-state index is -1.18. The molecule has 0 bridgehead atoms. The molecule has 20 heavy (non-hydrogen) atoms. The first-order valence-electron chi connectivity index (χ1n) is 5.74. The van der Waals surface area contributed by atoms with Gasteiger partial charge in [0.2, 0.25) is 0 Å². The van der Waals surface area contributed by atoms with Crippen LogP contribution < -0.4 is 5.32 Å². The highest BCUT2D eigenvalue weighted by molar-refractivity contribution is 6.07. The lowest BCUT2D eigenvalue weighted by atomic mass is 10.2. The van der Waals surface area contributed by atoms with Crippen LogP contribution >= 0.6 is 0 Å². The molecular formula is C13H12FN3O3. The second-order valence-electron chi connectivity index (χ2n) is 4.20. The molecule has 7 heteroatoms. The van der Waals surface area contributed by atoms with Gasteiger partial charge in [0.05, 0.1) is 5.69 Å². The summed E-state index contributed by atoms with van der Waals surface area (Å²) in [5, 5.41) is 15.6. The van der Waals surface area contributed by atoms with E-state index in [1.165, 1.54) is 30.8 Å². The van der Waals surface area contributed by atoms with E-state index in [0.717, 1.165) is 12.1 Å². The number of aryl methyl sites for hydroxylation is 2. The summed E-state index contributed by atoms with van der Waals surface area (Å²) in [7, 11) is 1.53. The van der Waals surface area contributed by atoms with Crippen molar-refractivity contribution in [2.24, 2.45) is 7.05 Å². The lowest BCUT2D eigenvalue weighted by Gasteiger charge is -2.06. The van der Waals surface area contributed by atoms with E-state index in [0.29, 0.717) is 5.69 Å². The summed E-state index contributed by atoms with van der Waals surface area (Å²) in [6.45, 7) is 1.54. The number of nitrogens with one attached hydrogen (secondary N) is 1. The third-order valence-electron chi connectivity index (χ3n) is 2.77. The van der Waals surface area contributed by atoms with E-state index < -0.39 is 17.7 Å². The van der Waals surface area contributed by atoms with E-state index in [2.05, 4.69) is 10.4 Å². The van der Waals surface area contributed by atoms with Gasteiger partial charge in [-0.1, -0.05) is 0 Å². The predicted octanol–water partition coefficient (Wildman–Crippen LogP) is 1.82. The lowest BCUT2D eigenvalue weighted by molar-refractivity contribution is 0.0697. The van der Waals surface area contributed by atoms with Gasteiger partial charge in [0.25, 0.3) is 5.91 Å². The molecule has 6 nitrogen and oxygen atoms in total. The van der Waals surface area contributed by atoms with E-state index in [1.807, 2.05) is 0 Å². The number of hydrogen-bond donors (Lipinski definition) is 2. The highest BCUT2D eigenvalue weighted by atomic mass is 19.1. The maximum atomic E-state index is 12.8. The van der Waals surface area contributed by atoms with Crippen molar-refractivity contribution in [3.8, 4) is 0 Å². The molecule has 0 radical (unpaired) electrons. The minimum absolute atomic E-state index is 0.0667. The summed E-state index contributed by atoms with van der Waals surface area (Å²) in [5.41, 5.74) is 0.457. The van der Waals surface area contributed by atoms with Crippen LogP contribution in [0, 0.1) is 12.7 Å². The number of carboxylic acids is 1. The Bertz CT molecular complexity index is 677. The van der Waals surface area contributed by atoms with Gasteiger partial charge < -0.3 is 10.4 Å². The monoisotopic (exact) mass is 277 g/mol. The maximum absolute atomic E-state index is 12.8. The van der Waals surface area contributed by atoms with Gasteiger partial charge in [0.1, 0.15) is 17.2 Å². The zero-order valence-electron chi connectivity index (χ0n) is 10.8. The number of nitrogens with zero attached hydrogens (tertiary/aromatic N) is 2. The Morgan fingerprint density at radius 1 is 1.30 bits per heavy atom.